The van der Waals surface area contributed by atoms with Gasteiger partial charge in [0.25, 0.3) is 0 Å². The number of aryl methyl sites for hydroxylation is 1. The minimum absolute atomic E-state index is 0.0576. The van der Waals surface area contributed by atoms with Gasteiger partial charge in [0.2, 0.25) is 0 Å². The largest absolute Gasteiger partial charge is 0.285 e. The van der Waals surface area contributed by atoms with Crippen LogP contribution < -0.4 is 0 Å². The first-order chi connectivity index (χ1) is 12.8. The van der Waals surface area contributed by atoms with Crippen LogP contribution in [0, 0.1) is 11.8 Å². The molecule has 0 N–H and O–H groups in total. The van der Waals surface area contributed by atoms with Gasteiger partial charge in [-0.2, -0.15) is 0 Å². The molecule has 0 spiro atoms. The lowest BCUT2D eigenvalue weighted by atomic mass is 10.0. The first kappa shape index (κ1) is 18.0. The van der Waals surface area contributed by atoms with Gasteiger partial charge in [0, 0.05) is 12.1 Å². The molecule has 0 aromatic heterocycles. The van der Waals surface area contributed by atoms with E-state index in [2.05, 4.69) is 116 Å². The van der Waals surface area contributed by atoms with Crippen LogP contribution >= 0.6 is 0 Å². The highest BCUT2D eigenvalue weighted by Crippen LogP contribution is 2.21. The van der Waals surface area contributed by atoms with E-state index in [1.54, 1.807) is 0 Å². The average Bonchev–Trinajstić information content (AvgIpc) is 2.70. The topological polar surface area (TPSA) is 3.24 Å². The monoisotopic (exact) mass is 339 g/mol. The molecule has 0 radical (unpaired) electrons. The molecular weight excluding hydrogens is 314 g/mol. The fourth-order valence-electron chi connectivity index (χ4n) is 3.02. The summed E-state index contributed by atoms with van der Waals surface area (Å²) >= 11 is 0. The Balaban J connectivity index is 1.85. The molecule has 0 amide bonds. The molecule has 3 aromatic rings. The van der Waals surface area contributed by atoms with E-state index in [1.807, 2.05) is 0 Å². The second-order valence-corrected chi connectivity index (χ2v) is 6.53. The molecule has 0 aliphatic carbocycles. The predicted molar refractivity (Wildman–Crippen MR) is 110 cm³/mol. The zero-order chi connectivity index (χ0) is 18.2. The molecule has 0 aliphatic heterocycles. The predicted octanol–water partition coefficient (Wildman–Crippen LogP) is 5.47. The van der Waals surface area contributed by atoms with Gasteiger partial charge in [-0.25, -0.2) is 0 Å². The summed E-state index contributed by atoms with van der Waals surface area (Å²) in [5.41, 5.74) is 4.93. The van der Waals surface area contributed by atoms with E-state index in [-0.39, 0.29) is 6.04 Å². The first-order valence-electron chi connectivity index (χ1n) is 9.16. The van der Waals surface area contributed by atoms with E-state index in [0.29, 0.717) is 0 Å². The maximum Gasteiger partial charge on any atom is 0.0975 e. The first-order valence-corrected chi connectivity index (χ1v) is 9.16. The SMILES string of the molecule is CCc1ccc(C#CC(c2ccccc2)N(C)Cc2ccccc2)cc1. The molecule has 3 rings (SSSR count). The molecule has 130 valence electrons. The van der Waals surface area contributed by atoms with Gasteiger partial charge in [0.05, 0.1) is 6.04 Å². The maximum atomic E-state index is 3.49. The van der Waals surface area contributed by atoms with Crippen LogP contribution in [0.2, 0.25) is 0 Å². The normalized spacial score (nSPS) is 11.7. The Morgan fingerprint density at radius 3 is 2.00 bits per heavy atom. The summed E-state index contributed by atoms with van der Waals surface area (Å²) in [5.74, 6) is 6.86. The summed E-state index contributed by atoms with van der Waals surface area (Å²) in [5, 5.41) is 0. The standard InChI is InChI=1S/C25H25N/c1-3-21-14-16-22(17-15-21)18-19-25(24-12-8-5-9-13-24)26(2)20-23-10-6-4-7-11-23/h4-17,25H,3,20H2,1-2H3. The Morgan fingerprint density at radius 1 is 0.769 bits per heavy atom. The smallest absolute Gasteiger partial charge is 0.0975 e. The molecular formula is C25H25N. The second-order valence-electron chi connectivity index (χ2n) is 6.53. The lowest BCUT2D eigenvalue weighted by molar-refractivity contribution is 0.285. The third-order valence-corrected chi connectivity index (χ3v) is 4.55. The molecule has 0 aliphatic rings. The maximum absolute atomic E-state index is 3.49. The van der Waals surface area contributed by atoms with E-state index >= 15 is 0 Å². The van der Waals surface area contributed by atoms with E-state index in [0.717, 1.165) is 18.5 Å². The zero-order valence-electron chi connectivity index (χ0n) is 15.5. The van der Waals surface area contributed by atoms with Crippen LogP contribution in [0.3, 0.4) is 0 Å². The van der Waals surface area contributed by atoms with Crippen molar-refractivity contribution in [1.29, 1.82) is 0 Å². The number of hydrogen-bond donors (Lipinski definition) is 0. The quantitative estimate of drug-likeness (QED) is 0.557. The minimum Gasteiger partial charge on any atom is -0.285 e. The van der Waals surface area contributed by atoms with E-state index < -0.39 is 0 Å². The van der Waals surface area contributed by atoms with Crippen molar-refractivity contribution in [3.8, 4) is 11.8 Å². The Morgan fingerprint density at radius 2 is 1.38 bits per heavy atom. The van der Waals surface area contributed by atoms with Gasteiger partial charge in [0.15, 0.2) is 0 Å². The minimum atomic E-state index is 0.0576. The van der Waals surface area contributed by atoms with Crippen molar-refractivity contribution < 1.29 is 0 Å². The lowest BCUT2D eigenvalue weighted by Gasteiger charge is -2.24. The summed E-state index contributed by atoms with van der Waals surface area (Å²) in [4.78, 5) is 2.30. The molecule has 1 nitrogen and oxygen atoms in total. The van der Waals surface area contributed by atoms with Gasteiger partial charge in [-0.15, -0.1) is 0 Å². The molecule has 1 heteroatoms. The van der Waals surface area contributed by atoms with Gasteiger partial charge in [0.1, 0.15) is 0 Å². The number of rotatable bonds is 5. The molecule has 0 fully saturated rings. The summed E-state index contributed by atoms with van der Waals surface area (Å²) in [6.07, 6.45) is 1.06. The summed E-state index contributed by atoms with van der Waals surface area (Å²) < 4.78 is 0. The molecule has 0 saturated heterocycles. The Kier molecular flexibility index (Phi) is 6.25. The van der Waals surface area contributed by atoms with Gasteiger partial charge in [-0.3, -0.25) is 4.90 Å². The second kappa shape index (κ2) is 9.04. The van der Waals surface area contributed by atoms with Crippen LogP contribution in [0.25, 0.3) is 0 Å². The third-order valence-electron chi connectivity index (χ3n) is 4.55. The van der Waals surface area contributed by atoms with Crippen molar-refractivity contribution in [2.24, 2.45) is 0 Å². The van der Waals surface area contributed by atoms with Crippen molar-refractivity contribution in [3.05, 3.63) is 107 Å². The molecule has 0 saturated carbocycles. The molecule has 3 aromatic carbocycles. The summed E-state index contributed by atoms with van der Waals surface area (Å²) in [7, 11) is 2.14. The van der Waals surface area contributed by atoms with Gasteiger partial charge >= 0.3 is 0 Å². The Labute approximate surface area is 157 Å². The Bertz CT molecular complexity index is 855. The number of nitrogens with zero attached hydrogens (tertiary/aromatic N) is 1. The van der Waals surface area contributed by atoms with Crippen LogP contribution in [0.15, 0.2) is 84.9 Å². The van der Waals surface area contributed by atoms with Crippen molar-refractivity contribution in [3.63, 3.8) is 0 Å². The number of benzene rings is 3. The molecule has 1 atom stereocenters. The van der Waals surface area contributed by atoms with E-state index in [9.17, 15) is 0 Å². The van der Waals surface area contributed by atoms with E-state index in [4.69, 9.17) is 0 Å². The van der Waals surface area contributed by atoms with Crippen molar-refractivity contribution in [2.45, 2.75) is 25.9 Å². The fraction of sp³-hybridized carbons (Fsp3) is 0.200. The highest BCUT2D eigenvalue weighted by Gasteiger charge is 2.14. The summed E-state index contributed by atoms with van der Waals surface area (Å²) in [6.45, 7) is 3.04. The van der Waals surface area contributed by atoms with Crippen LogP contribution in [-0.4, -0.2) is 11.9 Å². The van der Waals surface area contributed by atoms with Crippen LogP contribution in [0.4, 0.5) is 0 Å². The zero-order valence-corrected chi connectivity index (χ0v) is 15.5. The van der Waals surface area contributed by atoms with Crippen molar-refractivity contribution in [2.75, 3.05) is 7.05 Å². The van der Waals surface area contributed by atoms with Gasteiger partial charge < -0.3 is 0 Å². The van der Waals surface area contributed by atoms with Crippen molar-refractivity contribution >= 4 is 0 Å². The molecule has 0 bridgehead atoms. The summed E-state index contributed by atoms with van der Waals surface area (Å²) in [6, 6.07) is 29.7. The third kappa shape index (κ3) is 4.85. The number of hydrogen-bond acceptors (Lipinski definition) is 1. The van der Waals surface area contributed by atoms with Gasteiger partial charge in [-0.1, -0.05) is 91.6 Å². The van der Waals surface area contributed by atoms with Crippen LogP contribution in [-0.2, 0) is 13.0 Å². The Hall–Kier alpha value is -2.82. The highest BCUT2D eigenvalue weighted by atomic mass is 15.1. The molecule has 1 unspecified atom stereocenters. The fourth-order valence-corrected chi connectivity index (χ4v) is 3.02. The molecule has 26 heavy (non-hydrogen) atoms. The van der Waals surface area contributed by atoms with Crippen molar-refractivity contribution in [1.82, 2.24) is 4.90 Å². The van der Waals surface area contributed by atoms with Crippen LogP contribution in [0.1, 0.15) is 35.2 Å². The lowest BCUT2D eigenvalue weighted by Crippen LogP contribution is -2.23. The van der Waals surface area contributed by atoms with Gasteiger partial charge in [-0.05, 0) is 42.3 Å². The van der Waals surface area contributed by atoms with E-state index in [1.165, 1.54) is 16.7 Å². The highest BCUT2D eigenvalue weighted by molar-refractivity contribution is 5.39. The average molecular weight is 339 g/mol. The van der Waals surface area contributed by atoms with Crippen LogP contribution in [0.5, 0.6) is 0 Å². The molecule has 0 heterocycles.